The molecule has 1 aromatic carbocycles. The fourth-order valence-electron chi connectivity index (χ4n) is 1.52. The van der Waals surface area contributed by atoms with Crippen molar-refractivity contribution < 1.29 is 10.2 Å². The predicted octanol–water partition coefficient (Wildman–Crippen LogP) is 1.51. The maximum atomic E-state index is 9.76. The third kappa shape index (κ3) is 2.66. The van der Waals surface area contributed by atoms with Crippen molar-refractivity contribution >= 4 is 11.6 Å². The molecule has 0 spiro atoms. The first-order valence-corrected chi connectivity index (χ1v) is 5.78. The summed E-state index contributed by atoms with van der Waals surface area (Å²) in [5.41, 5.74) is 1.44. The van der Waals surface area contributed by atoms with E-state index in [-0.39, 0.29) is 5.88 Å². The van der Waals surface area contributed by atoms with Crippen LogP contribution in [0.4, 0.5) is 0 Å². The Labute approximate surface area is 104 Å². The topological polar surface area (TPSA) is 58.3 Å². The molecule has 0 aliphatic rings. The number of aliphatic hydroxyl groups is 2. The van der Waals surface area contributed by atoms with Crippen LogP contribution in [0.1, 0.15) is 11.7 Å². The lowest BCUT2D eigenvalue weighted by Gasteiger charge is -2.12. The summed E-state index contributed by atoms with van der Waals surface area (Å²) in [7, 11) is 0. The van der Waals surface area contributed by atoms with Gasteiger partial charge in [-0.1, -0.05) is 18.2 Å². The molecule has 0 fully saturated rings. The second-order valence-corrected chi connectivity index (χ2v) is 4.03. The Bertz CT molecular complexity index is 472. The summed E-state index contributed by atoms with van der Waals surface area (Å²) in [5, 5.41) is 23.3. The highest BCUT2D eigenvalue weighted by molar-refractivity contribution is 6.18. The zero-order valence-electron chi connectivity index (χ0n) is 9.07. The number of para-hydroxylation sites is 1. The average molecular weight is 253 g/mol. The Morgan fingerprint density at radius 2 is 1.94 bits per heavy atom. The minimum atomic E-state index is -1.01. The minimum Gasteiger partial charge on any atom is -0.389 e. The van der Waals surface area contributed by atoms with Crippen LogP contribution in [-0.4, -0.2) is 32.0 Å². The highest BCUT2D eigenvalue weighted by Crippen LogP contribution is 2.18. The first kappa shape index (κ1) is 12.1. The first-order valence-electron chi connectivity index (χ1n) is 5.24. The molecule has 2 unspecified atom stereocenters. The summed E-state index contributed by atoms with van der Waals surface area (Å²) < 4.78 is 1.64. The third-order valence-electron chi connectivity index (χ3n) is 2.49. The van der Waals surface area contributed by atoms with E-state index in [0.29, 0.717) is 5.56 Å². The maximum absolute atomic E-state index is 9.76. The number of hydrogen-bond acceptors (Lipinski definition) is 3. The summed E-state index contributed by atoms with van der Waals surface area (Å²) in [6, 6.07) is 9.53. The zero-order valence-corrected chi connectivity index (χ0v) is 9.83. The number of benzene rings is 1. The molecule has 0 bridgehead atoms. The average Bonchev–Trinajstić information content (AvgIpc) is 2.87. The molecule has 0 amide bonds. The molecule has 1 heterocycles. The van der Waals surface area contributed by atoms with Crippen molar-refractivity contribution in [3.63, 3.8) is 0 Å². The SMILES string of the molecule is OC(CCl)C(O)c1cnn(-c2ccccc2)c1. The number of halogens is 1. The van der Waals surface area contributed by atoms with Crippen molar-refractivity contribution in [1.29, 1.82) is 0 Å². The van der Waals surface area contributed by atoms with Gasteiger partial charge >= 0.3 is 0 Å². The summed E-state index contributed by atoms with van der Waals surface area (Å²) >= 11 is 5.48. The van der Waals surface area contributed by atoms with Gasteiger partial charge in [-0.3, -0.25) is 0 Å². The van der Waals surface area contributed by atoms with Crippen LogP contribution < -0.4 is 0 Å². The quantitative estimate of drug-likeness (QED) is 0.811. The van der Waals surface area contributed by atoms with Gasteiger partial charge in [-0.25, -0.2) is 4.68 Å². The number of rotatable bonds is 4. The predicted molar refractivity (Wildman–Crippen MR) is 65.3 cm³/mol. The van der Waals surface area contributed by atoms with Gasteiger partial charge in [0, 0.05) is 11.8 Å². The molecule has 0 aliphatic carbocycles. The molecule has 90 valence electrons. The van der Waals surface area contributed by atoms with Crippen LogP contribution in [0.3, 0.4) is 0 Å². The fraction of sp³-hybridized carbons (Fsp3) is 0.250. The van der Waals surface area contributed by atoms with Gasteiger partial charge in [0.1, 0.15) is 6.10 Å². The Kier molecular flexibility index (Phi) is 3.78. The molecule has 2 N–H and O–H groups in total. The third-order valence-corrected chi connectivity index (χ3v) is 2.80. The van der Waals surface area contributed by atoms with E-state index in [2.05, 4.69) is 5.10 Å². The standard InChI is InChI=1S/C12H13ClN2O2/c13-6-11(16)12(17)9-7-14-15(8-9)10-4-2-1-3-5-10/h1-5,7-8,11-12,16-17H,6H2. The van der Waals surface area contributed by atoms with Gasteiger partial charge in [-0.15, -0.1) is 11.6 Å². The number of alkyl halides is 1. The van der Waals surface area contributed by atoms with Crippen LogP contribution in [0.25, 0.3) is 5.69 Å². The Hall–Kier alpha value is -1.36. The van der Waals surface area contributed by atoms with E-state index in [1.165, 1.54) is 6.20 Å². The molecule has 0 aliphatic heterocycles. The molecule has 2 atom stereocenters. The monoisotopic (exact) mass is 252 g/mol. The van der Waals surface area contributed by atoms with Crippen molar-refractivity contribution in [1.82, 2.24) is 9.78 Å². The molecule has 1 aromatic heterocycles. The van der Waals surface area contributed by atoms with Gasteiger partial charge < -0.3 is 10.2 Å². The van der Waals surface area contributed by atoms with Gasteiger partial charge in [-0.05, 0) is 12.1 Å². The lowest BCUT2D eigenvalue weighted by atomic mass is 10.1. The van der Waals surface area contributed by atoms with E-state index in [0.717, 1.165) is 5.69 Å². The van der Waals surface area contributed by atoms with Crippen molar-refractivity contribution in [2.24, 2.45) is 0 Å². The van der Waals surface area contributed by atoms with Gasteiger partial charge in [0.2, 0.25) is 0 Å². The van der Waals surface area contributed by atoms with Crippen LogP contribution in [0.5, 0.6) is 0 Å². The zero-order chi connectivity index (χ0) is 12.3. The van der Waals surface area contributed by atoms with Gasteiger partial charge in [0.05, 0.1) is 23.9 Å². The summed E-state index contributed by atoms with van der Waals surface area (Å²) in [5.74, 6) is -0.0162. The lowest BCUT2D eigenvalue weighted by Crippen LogP contribution is -2.19. The van der Waals surface area contributed by atoms with Gasteiger partial charge in [0.15, 0.2) is 0 Å². The number of nitrogens with zero attached hydrogens (tertiary/aromatic N) is 2. The molecule has 17 heavy (non-hydrogen) atoms. The molecule has 0 saturated carbocycles. The van der Waals surface area contributed by atoms with Crippen LogP contribution in [0, 0.1) is 0 Å². The number of hydrogen-bond donors (Lipinski definition) is 2. The van der Waals surface area contributed by atoms with Crippen LogP contribution in [0.2, 0.25) is 0 Å². The molecule has 5 heteroatoms. The summed E-state index contributed by atoms with van der Waals surface area (Å²) in [4.78, 5) is 0. The lowest BCUT2D eigenvalue weighted by molar-refractivity contribution is 0.0327. The minimum absolute atomic E-state index is 0.0162. The van der Waals surface area contributed by atoms with E-state index in [9.17, 15) is 10.2 Å². The van der Waals surface area contributed by atoms with Crippen molar-refractivity contribution in [3.8, 4) is 5.69 Å². The molecule has 2 aromatic rings. The summed E-state index contributed by atoms with van der Waals surface area (Å²) in [6.07, 6.45) is 1.21. The molecular weight excluding hydrogens is 240 g/mol. The van der Waals surface area contributed by atoms with Crippen LogP contribution in [-0.2, 0) is 0 Å². The molecular formula is C12H13ClN2O2. The van der Waals surface area contributed by atoms with E-state index in [1.54, 1.807) is 10.9 Å². The second-order valence-electron chi connectivity index (χ2n) is 3.72. The highest BCUT2D eigenvalue weighted by Gasteiger charge is 2.19. The van der Waals surface area contributed by atoms with E-state index in [4.69, 9.17) is 11.6 Å². The first-order chi connectivity index (χ1) is 8.22. The normalized spacial score (nSPS) is 14.5. The molecule has 0 saturated heterocycles. The largest absolute Gasteiger partial charge is 0.389 e. The fourth-order valence-corrected chi connectivity index (χ4v) is 1.69. The van der Waals surface area contributed by atoms with Gasteiger partial charge in [-0.2, -0.15) is 5.10 Å². The van der Waals surface area contributed by atoms with E-state index < -0.39 is 12.2 Å². The molecule has 0 radical (unpaired) electrons. The highest BCUT2D eigenvalue weighted by atomic mass is 35.5. The van der Waals surface area contributed by atoms with Crippen LogP contribution >= 0.6 is 11.6 Å². The summed E-state index contributed by atoms with van der Waals surface area (Å²) in [6.45, 7) is 0. The van der Waals surface area contributed by atoms with Crippen molar-refractivity contribution in [2.45, 2.75) is 12.2 Å². The van der Waals surface area contributed by atoms with Crippen molar-refractivity contribution in [2.75, 3.05) is 5.88 Å². The van der Waals surface area contributed by atoms with Crippen LogP contribution in [0.15, 0.2) is 42.7 Å². The van der Waals surface area contributed by atoms with Crippen molar-refractivity contribution in [3.05, 3.63) is 48.3 Å². The molecule has 2 rings (SSSR count). The molecule has 4 nitrogen and oxygen atoms in total. The number of aliphatic hydroxyl groups excluding tert-OH is 2. The Morgan fingerprint density at radius 1 is 1.24 bits per heavy atom. The van der Waals surface area contributed by atoms with E-state index >= 15 is 0 Å². The second kappa shape index (κ2) is 5.31. The number of aromatic nitrogens is 2. The Balaban J connectivity index is 2.22. The maximum Gasteiger partial charge on any atom is 0.109 e. The van der Waals surface area contributed by atoms with E-state index in [1.807, 2.05) is 30.3 Å². The smallest absolute Gasteiger partial charge is 0.109 e. The Morgan fingerprint density at radius 3 is 2.59 bits per heavy atom. The van der Waals surface area contributed by atoms with Gasteiger partial charge in [0.25, 0.3) is 0 Å².